The minimum absolute atomic E-state index is 0. The Balaban J connectivity index is 0.00000289. The van der Waals surface area contributed by atoms with Crippen LogP contribution in [0.2, 0.25) is 0 Å². The van der Waals surface area contributed by atoms with E-state index in [0.717, 1.165) is 6.07 Å². The number of hydrogen-bond acceptors (Lipinski definition) is 2. The first kappa shape index (κ1) is 16.8. The van der Waals surface area contributed by atoms with E-state index in [2.05, 4.69) is 10.6 Å². The van der Waals surface area contributed by atoms with Crippen LogP contribution in [0.15, 0.2) is 18.2 Å². The normalized spacial score (nSPS) is 11.6. The smallest absolute Gasteiger partial charge is 0.234 e. The molecule has 0 aromatic heterocycles. The highest BCUT2D eigenvalue weighted by molar-refractivity contribution is 5.85. The van der Waals surface area contributed by atoms with Crippen molar-refractivity contribution in [3.05, 3.63) is 35.4 Å². The van der Waals surface area contributed by atoms with E-state index in [0.29, 0.717) is 12.0 Å². The van der Waals surface area contributed by atoms with Crippen molar-refractivity contribution >= 4 is 18.3 Å². The Hall–Kier alpha value is -1.20. The van der Waals surface area contributed by atoms with Crippen molar-refractivity contribution in [2.45, 2.75) is 19.4 Å². The number of nitrogens with one attached hydrogen (secondary N) is 2. The summed E-state index contributed by atoms with van der Waals surface area (Å²) in [6, 6.07) is 2.93. The molecule has 1 unspecified atom stereocenters. The summed E-state index contributed by atoms with van der Waals surface area (Å²) < 4.78 is 26.3. The van der Waals surface area contributed by atoms with Gasteiger partial charge in [0, 0.05) is 11.6 Å². The predicted octanol–water partition coefficient (Wildman–Crippen LogP) is 2.17. The molecule has 0 saturated carbocycles. The van der Waals surface area contributed by atoms with Gasteiger partial charge >= 0.3 is 0 Å². The van der Waals surface area contributed by atoms with Gasteiger partial charge in [0.05, 0.1) is 12.6 Å². The van der Waals surface area contributed by atoms with Crippen molar-refractivity contribution in [3.63, 3.8) is 0 Å². The van der Waals surface area contributed by atoms with Gasteiger partial charge in [-0.25, -0.2) is 8.78 Å². The molecular formula is C12H17ClF2N2O. The van der Waals surface area contributed by atoms with Crippen LogP contribution in [0.25, 0.3) is 0 Å². The Kier molecular flexibility index (Phi) is 7.47. The molecule has 102 valence electrons. The average Bonchev–Trinajstić information content (AvgIpc) is 2.27. The zero-order valence-electron chi connectivity index (χ0n) is 10.3. The van der Waals surface area contributed by atoms with E-state index in [1.54, 1.807) is 7.05 Å². The van der Waals surface area contributed by atoms with Gasteiger partial charge in [-0.2, -0.15) is 0 Å². The van der Waals surface area contributed by atoms with Crippen LogP contribution in [-0.2, 0) is 4.79 Å². The molecule has 1 aromatic carbocycles. The van der Waals surface area contributed by atoms with Crippen LogP contribution in [0.5, 0.6) is 0 Å². The van der Waals surface area contributed by atoms with Crippen LogP contribution in [0.1, 0.15) is 24.9 Å². The van der Waals surface area contributed by atoms with Crippen LogP contribution >= 0.6 is 12.4 Å². The number of likely N-dealkylation sites (N-methyl/N-ethyl adjacent to an activating group) is 1. The number of hydrogen-bond donors (Lipinski definition) is 2. The second-order valence-electron chi connectivity index (χ2n) is 3.72. The van der Waals surface area contributed by atoms with E-state index < -0.39 is 17.7 Å². The Morgan fingerprint density at radius 2 is 2.06 bits per heavy atom. The molecule has 3 nitrogen and oxygen atoms in total. The summed E-state index contributed by atoms with van der Waals surface area (Å²) in [5, 5.41) is 5.39. The third-order valence-electron chi connectivity index (χ3n) is 2.42. The third kappa shape index (κ3) is 4.58. The monoisotopic (exact) mass is 278 g/mol. The number of benzene rings is 1. The van der Waals surface area contributed by atoms with Crippen LogP contribution < -0.4 is 10.6 Å². The van der Waals surface area contributed by atoms with Crippen molar-refractivity contribution in [1.29, 1.82) is 0 Å². The van der Waals surface area contributed by atoms with Crippen LogP contribution in [0, 0.1) is 11.6 Å². The first-order valence-corrected chi connectivity index (χ1v) is 5.47. The van der Waals surface area contributed by atoms with Crippen molar-refractivity contribution < 1.29 is 13.6 Å². The highest BCUT2D eigenvalue weighted by Gasteiger charge is 2.16. The van der Waals surface area contributed by atoms with Gasteiger partial charge in [-0.1, -0.05) is 13.0 Å². The van der Waals surface area contributed by atoms with E-state index in [-0.39, 0.29) is 24.9 Å². The van der Waals surface area contributed by atoms with Crippen LogP contribution in [-0.4, -0.2) is 19.5 Å². The van der Waals surface area contributed by atoms with Crippen molar-refractivity contribution in [2.24, 2.45) is 0 Å². The van der Waals surface area contributed by atoms with E-state index in [1.165, 1.54) is 12.1 Å². The summed E-state index contributed by atoms with van der Waals surface area (Å²) in [5.74, 6) is -1.48. The lowest BCUT2D eigenvalue weighted by molar-refractivity contribution is -0.120. The number of carbonyl (C=O) groups is 1. The molecule has 2 N–H and O–H groups in total. The molecule has 0 spiro atoms. The van der Waals surface area contributed by atoms with Gasteiger partial charge in [-0.3, -0.25) is 4.79 Å². The molecule has 1 aromatic rings. The second kappa shape index (κ2) is 8.00. The van der Waals surface area contributed by atoms with Gasteiger partial charge in [0.25, 0.3) is 0 Å². The molecule has 0 heterocycles. The van der Waals surface area contributed by atoms with Crippen molar-refractivity contribution in [1.82, 2.24) is 10.6 Å². The highest BCUT2D eigenvalue weighted by Crippen LogP contribution is 2.20. The first-order valence-electron chi connectivity index (χ1n) is 5.47. The maximum atomic E-state index is 13.5. The van der Waals surface area contributed by atoms with E-state index >= 15 is 0 Å². The summed E-state index contributed by atoms with van der Waals surface area (Å²) in [6.07, 6.45) is 0.540. The minimum atomic E-state index is -0.637. The van der Waals surface area contributed by atoms with Gasteiger partial charge < -0.3 is 10.6 Å². The largest absolute Gasteiger partial charge is 0.348 e. The fourth-order valence-electron chi connectivity index (χ4n) is 1.59. The molecule has 0 radical (unpaired) electrons. The molecule has 0 bridgehead atoms. The molecule has 0 saturated heterocycles. The molecule has 1 amide bonds. The molecule has 0 aliphatic heterocycles. The van der Waals surface area contributed by atoms with Crippen molar-refractivity contribution in [2.75, 3.05) is 13.6 Å². The maximum Gasteiger partial charge on any atom is 0.234 e. The number of halogens is 3. The molecule has 1 rings (SSSR count). The molecule has 6 heteroatoms. The van der Waals surface area contributed by atoms with Gasteiger partial charge in [0.15, 0.2) is 0 Å². The lowest BCUT2D eigenvalue weighted by atomic mass is 10.0. The van der Waals surface area contributed by atoms with Crippen molar-refractivity contribution in [3.8, 4) is 0 Å². The summed E-state index contributed by atoms with van der Waals surface area (Å²) in [5.41, 5.74) is 0.304. The second-order valence-corrected chi connectivity index (χ2v) is 3.72. The van der Waals surface area contributed by atoms with Crippen LogP contribution in [0.3, 0.4) is 0 Å². The average molecular weight is 279 g/mol. The molecule has 0 aliphatic rings. The topological polar surface area (TPSA) is 41.1 Å². The molecule has 0 fully saturated rings. The molecule has 1 atom stereocenters. The zero-order chi connectivity index (χ0) is 12.8. The van der Waals surface area contributed by atoms with Gasteiger partial charge in [-0.15, -0.1) is 12.4 Å². The first-order chi connectivity index (χ1) is 8.08. The van der Waals surface area contributed by atoms with Gasteiger partial charge in [0.1, 0.15) is 11.6 Å². The lowest BCUT2D eigenvalue weighted by Gasteiger charge is -2.18. The summed E-state index contributed by atoms with van der Waals surface area (Å²) in [6.45, 7) is 1.99. The van der Waals surface area contributed by atoms with Gasteiger partial charge in [0.2, 0.25) is 5.91 Å². The van der Waals surface area contributed by atoms with E-state index in [4.69, 9.17) is 0 Å². The summed E-state index contributed by atoms with van der Waals surface area (Å²) >= 11 is 0. The quantitative estimate of drug-likeness (QED) is 0.867. The zero-order valence-corrected chi connectivity index (χ0v) is 11.1. The molecule has 0 aliphatic carbocycles. The lowest BCUT2D eigenvalue weighted by Crippen LogP contribution is -2.35. The van der Waals surface area contributed by atoms with E-state index in [9.17, 15) is 13.6 Å². The van der Waals surface area contributed by atoms with Gasteiger partial charge in [-0.05, 0) is 19.5 Å². The predicted molar refractivity (Wildman–Crippen MR) is 68.7 cm³/mol. The minimum Gasteiger partial charge on any atom is -0.348 e. The Morgan fingerprint density at radius 1 is 1.39 bits per heavy atom. The fourth-order valence-corrected chi connectivity index (χ4v) is 1.59. The standard InChI is InChI=1S/C12H16F2N2O.ClH/c1-3-11(16-12(17)7-15-2)9-5-4-8(13)6-10(9)14;/h4-6,11,15H,3,7H2,1-2H3,(H,16,17);1H. The Morgan fingerprint density at radius 3 is 2.56 bits per heavy atom. The van der Waals surface area contributed by atoms with Crippen LogP contribution in [0.4, 0.5) is 8.78 Å². The Labute approximate surface area is 111 Å². The number of rotatable bonds is 5. The van der Waals surface area contributed by atoms with E-state index in [1.807, 2.05) is 6.92 Å². The summed E-state index contributed by atoms with van der Waals surface area (Å²) in [4.78, 5) is 11.4. The number of amides is 1. The highest BCUT2D eigenvalue weighted by atomic mass is 35.5. The fraction of sp³-hybridized carbons (Fsp3) is 0.417. The maximum absolute atomic E-state index is 13.5. The third-order valence-corrected chi connectivity index (χ3v) is 2.42. The summed E-state index contributed by atoms with van der Waals surface area (Å²) in [7, 11) is 1.65. The molecular weight excluding hydrogens is 262 g/mol. The molecule has 18 heavy (non-hydrogen) atoms. The number of carbonyl (C=O) groups excluding carboxylic acids is 1. The Bertz CT molecular complexity index is 402. The SMILES string of the molecule is CCC(NC(=O)CNC)c1ccc(F)cc1F.Cl.